The molecule has 0 spiro atoms. The molecule has 1 aliphatic heterocycles. The van der Waals surface area contributed by atoms with E-state index in [2.05, 4.69) is 5.16 Å². The first kappa shape index (κ1) is 15.1. The maximum Gasteiger partial charge on any atom is 0.260 e. The maximum absolute atomic E-state index is 11.9. The van der Waals surface area contributed by atoms with Crippen LogP contribution in [0.25, 0.3) is 0 Å². The van der Waals surface area contributed by atoms with Gasteiger partial charge in [-0.2, -0.15) is 0 Å². The molecule has 0 radical (unpaired) electrons. The van der Waals surface area contributed by atoms with Crippen LogP contribution in [0.4, 0.5) is 0 Å². The van der Waals surface area contributed by atoms with Crippen LogP contribution in [0.2, 0.25) is 0 Å². The number of hydrogen-bond donors (Lipinski definition) is 3. The van der Waals surface area contributed by atoms with Crippen LogP contribution in [-0.4, -0.2) is 52.3 Å². The molecule has 21 heavy (non-hydrogen) atoms. The lowest BCUT2D eigenvalue weighted by Gasteiger charge is -2.19. The Kier molecular flexibility index (Phi) is 4.32. The minimum Gasteiger partial charge on any atom is -0.484 e. The molecule has 0 saturated carbocycles. The molecule has 0 aliphatic carbocycles. The van der Waals surface area contributed by atoms with Crippen molar-refractivity contribution in [2.45, 2.75) is 18.9 Å². The van der Waals surface area contributed by atoms with Crippen molar-refractivity contribution in [2.75, 3.05) is 19.7 Å². The van der Waals surface area contributed by atoms with Gasteiger partial charge in [0.2, 0.25) is 0 Å². The lowest BCUT2D eigenvalue weighted by atomic mass is 10.1. The standard InChI is InChI=1S/C14H19N3O4/c1-14(19)6-7-17(9-14)12(18)8-21-11-4-2-10(3-5-11)13(15)16-20/h2-5,19-20H,6-9H2,1H3,(H2,15,16). The number of rotatable bonds is 4. The third kappa shape index (κ3) is 3.85. The third-order valence-corrected chi connectivity index (χ3v) is 3.42. The summed E-state index contributed by atoms with van der Waals surface area (Å²) in [7, 11) is 0. The fraction of sp³-hybridized carbons (Fsp3) is 0.429. The van der Waals surface area contributed by atoms with Gasteiger partial charge in [-0.1, -0.05) is 5.16 Å². The Bertz CT molecular complexity index is 540. The molecule has 1 unspecified atom stereocenters. The Morgan fingerprint density at radius 1 is 1.48 bits per heavy atom. The summed E-state index contributed by atoms with van der Waals surface area (Å²) in [5.74, 6) is 0.369. The van der Waals surface area contributed by atoms with E-state index in [1.54, 1.807) is 36.1 Å². The van der Waals surface area contributed by atoms with E-state index < -0.39 is 5.60 Å². The molecule has 1 aliphatic rings. The van der Waals surface area contributed by atoms with Gasteiger partial charge in [-0.25, -0.2) is 0 Å². The number of ether oxygens (including phenoxy) is 1. The van der Waals surface area contributed by atoms with Crippen molar-refractivity contribution in [2.24, 2.45) is 10.9 Å². The Hall–Kier alpha value is -2.28. The zero-order valence-electron chi connectivity index (χ0n) is 11.8. The zero-order valence-corrected chi connectivity index (χ0v) is 11.8. The number of aliphatic hydroxyl groups is 1. The van der Waals surface area contributed by atoms with Gasteiger partial charge in [-0.05, 0) is 37.6 Å². The van der Waals surface area contributed by atoms with Crippen LogP contribution in [0, 0.1) is 0 Å². The molecule has 1 atom stereocenters. The first-order valence-electron chi connectivity index (χ1n) is 6.62. The summed E-state index contributed by atoms with van der Waals surface area (Å²) in [6.45, 7) is 2.50. The van der Waals surface area contributed by atoms with E-state index in [9.17, 15) is 9.90 Å². The molecule has 1 aromatic rings. The number of oxime groups is 1. The van der Waals surface area contributed by atoms with Crippen molar-refractivity contribution >= 4 is 11.7 Å². The van der Waals surface area contributed by atoms with Crippen LogP contribution in [0.15, 0.2) is 29.4 Å². The summed E-state index contributed by atoms with van der Waals surface area (Å²) in [5.41, 5.74) is 5.20. The molecule has 2 rings (SSSR count). The molecule has 7 heteroatoms. The monoisotopic (exact) mass is 293 g/mol. The van der Waals surface area contributed by atoms with Gasteiger partial charge >= 0.3 is 0 Å². The zero-order chi connectivity index (χ0) is 15.5. The highest BCUT2D eigenvalue weighted by molar-refractivity contribution is 5.97. The van der Waals surface area contributed by atoms with E-state index in [1.165, 1.54) is 0 Å². The minimum absolute atomic E-state index is 0.0110. The van der Waals surface area contributed by atoms with Gasteiger partial charge in [-0.15, -0.1) is 0 Å². The summed E-state index contributed by atoms with van der Waals surface area (Å²) in [4.78, 5) is 13.5. The lowest BCUT2D eigenvalue weighted by molar-refractivity contribution is -0.133. The number of nitrogens with two attached hydrogens (primary N) is 1. The van der Waals surface area contributed by atoms with Gasteiger partial charge in [0.1, 0.15) is 5.75 Å². The van der Waals surface area contributed by atoms with E-state index in [4.69, 9.17) is 15.7 Å². The van der Waals surface area contributed by atoms with Gasteiger partial charge in [0.05, 0.1) is 5.60 Å². The number of nitrogens with zero attached hydrogens (tertiary/aromatic N) is 2. The quantitative estimate of drug-likeness (QED) is 0.317. The van der Waals surface area contributed by atoms with Crippen LogP contribution in [0.3, 0.4) is 0 Å². The summed E-state index contributed by atoms with van der Waals surface area (Å²) >= 11 is 0. The van der Waals surface area contributed by atoms with E-state index >= 15 is 0 Å². The molecule has 7 nitrogen and oxygen atoms in total. The molecular formula is C14H19N3O4. The first-order valence-corrected chi connectivity index (χ1v) is 6.62. The molecule has 0 aromatic heterocycles. The second kappa shape index (κ2) is 6.01. The van der Waals surface area contributed by atoms with Crippen molar-refractivity contribution < 1.29 is 19.8 Å². The van der Waals surface area contributed by atoms with Gasteiger partial charge in [0.25, 0.3) is 5.91 Å². The van der Waals surface area contributed by atoms with E-state index in [1.807, 2.05) is 0 Å². The molecule has 1 aromatic carbocycles. The molecule has 1 heterocycles. The van der Waals surface area contributed by atoms with Crippen LogP contribution < -0.4 is 10.5 Å². The molecule has 4 N–H and O–H groups in total. The number of hydrogen-bond acceptors (Lipinski definition) is 5. The smallest absolute Gasteiger partial charge is 0.260 e. The van der Waals surface area contributed by atoms with Crippen molar-refractivity contribution in [3.63, 3.8) is 0 Å². The lowest BCUT2D eigenvalue weighted by Crippen LogP contribution is -2.36. The molecule has 1 fully saturated rings. The van der Waals surface area contributed by atoms with Crippen molar-refractivity contribution in [3.05, 3.63) is 29.8 Å². The second-order valence-corrected chi connectivity index (χ2v) is 5.36. The Labute approximate surface area is 122 Å². The van der Waals surface area contributed by atoms with E-state index in [-0.39, 0.29) is 18.3 Å². The average molecular weight is 293 g/mol. The van der Waals surface area contributed by atoms with E-state index in [0.29, 0.717) is 30.8 Å². The SMILES string of the molecule is CC1(O)CCN(C(=O)COc2ccc(/C(N)=N/O)cc2)C1. The molecule has 114 valence electrons. The average Bonchev–Trinajstić information content (AvgIpc) is 2.84. The predicted molar refractivity (Wildman–Crippen MR) is 76.3 cm³/mol. The number of amidine groups is 1. The maximum atomic E-state index is 11.9. The highest BCUT2D eigenvalue weighted by Crippen LogP contribution is 2.20. The fourth-order valence-corrected chi connectivity index (χ4v) is 2.17. The summed E-state index contributed by atoms with van der Waals surface area (Å²) in [6.07, 6.45) is 0.577. The molecule has 1 saturated heterocycles. The van der Waals surface area contributed by atoms with Crippen LogP contribution in [-0.2, 0) is 4.79 Å². The number of amides is 1. The topological polar surface area (TPSA) is 108 Å². The van der Waals surface area contributed by atoms with Crippen molar-refractivity contribution in [3.8, 4) is 5.75 Å². The largest absolute Gasteiger partial charge is 0.484 e. The number of benzene rings is 1. The Morgan fingerprint density at radius 2 is 2.14 bits per heavy atom. The molecular weight excluding hydrogens is 274 g/mol. The number of β-amino-alcohol motifs (C(OH)–C–C–N with tert-alkyl or cyclic N) is 1. The van der Waals surface area contributed by atoms with Crippen molar-refractivity contribution in [1.82, 2.24) is 4.90 Å². The van der Waals surface area contributed by atoms with Crippen molar-refractivity contribution in [1.29, 1.82) is 0 Å². The highest BCUT2D eigenvalue weighted by atomic mass is 16.5. The normalized spacial score (nSPS) is 22.4. The highest BCUT2D eigenvalue weighted by Gasteiger charge is 2.33. The Morgan fingerprint density at radius 3 is 2.67 bits per heavy atom. The molecule has 1 amide bonds. The predicted octanol–water partition coefficient (Wildman–Crippen LogP) is 0.143. The third-order valence-electron chi connectivity index (χ3n) is 3.42. The summed E-state index contributed by atoms with van der Waals surface area (Å²) < 4.78 is 5.40. The second-order valence-electron chi connectivity index (χ2n) is 5.36. The van der Waals surface area contributed by atoms with Gasteiger partial charge in [0, 0.05) is 18.7 Å². The first-order chi connectivity index (χ1) is 9.91. The molecule has 0 bridgehead atoms. The van der Waals surface area contributed by atoms with Gasteiger partial charge in [-0.3, -0.25) is 4.79 Å². The fourth-order valence-electron chi connectivity index (χ4n) is 2.17. The van der Waals surface area contributed by atoms with Gasteiger partial charge in [0.15, 0.2) is 12.4 Å². The van der Waals surface area contributed by atoms with E-state index in [0.717, 1.165) is 0 Å². The van der Waals surface area contributed by atoms with Crippen LogP contribution >= 0.6 is 0 Å². The van der Waals surface area contributed by atoms with Crippen LogP contribution in [0.1, 0.15) is 18.9 Å². The number of carbonyl (C=O) groups is 1. The van der Waals surface area contributed by atoms with Crippen LogP contribution in [0.5, 0.6) is 5.75 Å². The summed E-state index contributed by atoms with van der Waals surface area (Å²) in [6, 6.07) is 6.55. The number of carbonyl (C=O) groups excluding carboxylic acids is 1. The Balaban J connectivity index is 1.87. The van der Waals surface area contributed by atoms with Gasteiger partial charge < -0.3 is 25.7 Å². The minimum atomic E-state index is -0.807. The summed E-state index contributed by atoms with van der Waals surface area (Å²) in [5, 5.41) is 21.3. The number of likely N-dealkylation sites (tertiary alicyclic amines) is 1.